The molecule has 0 unspecified atom stereocenters. The van der Waals surface area contributed by atoms with Crippen LogP contribution in [0.4, 0.5) is 0 Å². The first-order valence-corrected chi connectivity index (χ1v) is 24.5. The maximum absolute atomic E-state index is 5.21. The molecule has 0 amide bonds. The number of fused-ring (bicyclic) bond motifs is 7. The van der Waals surface area contributed by atoms with Crippen LogP contribution in [0.3, 0.4) is 0 Å². The molecule has 0 saturated heterocycles. The van der Waals surface area contributed by atoms with Gasteiger partial charge in [-0.05, 0) is 79.0 Å². The molecule has 0 spiro atoms. The van der Waals surface area contributed by atoms with E-state index in [0.717, 1.165) is 33.7 Å². The molecule has 6 aromatic carbocycles. The molecule has 1 aliphatic rings. The number of aromatic nitrogens is 4. The highest BCUT2D eigenvalue weighted by Gasteiger charge is 2.50. The summed E-state index contributed by atoms with van der Waals surface area (Å²) in [5, 5.41) is 6.93. The van der Waals surface area contributed by atoms with E-state index in [1.165, 1.54) is 41.3 Å². The Morgan fingerprint density at radius 1 is 0.611 bits per heavy atom. The van der Waals surface area contributed by atoms with Crippen LogP contribution in [0.25, 0.3) is 33.7 Å². The molecule has 4 heterocycles. The molecule has 1 aliphatic heterocycles. The Hall–Kier alpha value is -5.48. The van der Waals surface area contributed by atoms with Crippen molar-refractivity contribution in [3.05, 3.63) is 176 Å². The molecule has 0 saturated carbocycles. The molecule has 0 atom stereocenters. The Bertz CT molecular complexity index is 2840. The number of nitrogens with zero attached hydrogens (tertiary/aromatic N) is 4. The minimum Gasteiger partial charge on any atom is -0.276 e. The van der Waals surface area contributed by atoms with Gasteiger partial charge in [0, 0.05) is 16.0 Å². The number of hydrogen-bond acceptors (Lipinski definition) is 3. The average Bonchev–Trinajstić information content (AvgIpc) is 3.72. The molecule has 10 rings (SSSR count). The van der Waals surface area contributed by atoms with Crippen molar-refractivity contribution in [2.24, 2.45) is 0 Å². The van der Waals surface area contributed by atoms with E-state index >= 15 is 0 Å². The van der Waals surface area contributed by atoms with Gasteiger partial charge in [-0.25, -0.2) is 9.97 Å². The smallest absolute Gasteiger partial charge is 0.221 e. The molecule has 54 heavy (non-hydrogen) atoms. The maximum Gasteiger partial charge on any atom is 0.221 e. The van der Waals surface area contributed by atoms with E-state index in [0.29, 0.717) is 0 Å². The lowest BCUT2D eigenvalue weighted by Gasteiger charge is -2.42. The van der Waals surface area contributed by atoms with E-state index in [2.05, 4.69) is 200 Å². The third kappa shape index (κ3) is 4.62. The fourth-order valence-corrected chi connectivity index (χ4v) is 19.3. The number of para-hydroxylation sites is 4. The SMILES string of the molecule is CC1(C)c2cccc([Si](c3ccccc3)(c3ccccc3)c3ccnc(-n4c5ccccc5n5c6ccccc6nc45)c3)c2Sc2ccccc2[Si]1(C)C. The van der Waals surface area contributed by atoms with Gasteiger partial charge >= 0.3 is 0 Å². The minimum absolute atomic E-state index is 0.0206. The largest absolute Gasteiger partial charge is 0.276 e. The Morgan fingerprint density at radius 2 is 1.24 bits per heavy atom. The van der Waals surface area contributed by atoms with Crippen LogP contribution in [0, 0.1) is 0 Å². The lowest BCUT2D eigenvalue weighted by Crippen LogP contribution is -2.75. The first kappa shape index (κ1) is 33.1. The zero-order valence-electron chi connectivity index (χ0n) is 30.9. The molecule has 262 valence electrons. The normalized spacial score (nSPS) is 14.9. The van der Waals surface area contributed by atoms with Crippen LogP contribution in [0.5, 0.6) is 0 Å². The molecule has 0 fully saturated rings. The van der Waals surface area contributed by atoms with Gasteiger partial charge in [-0.15, -0.1) is 0 Å². The van der Waals surface area contributed by atoms with Crippen LogP contribution >= 0.6 is 11.8 Å². The summed E-state index contributed by atoms with van der Waals surface area (Å²) < 4.78 is 4.53. The van der Waals surface area contributed by atoms with E-state index in [9.17, 15) is 0 Å². The summed E-state index contributed by atoms with van der Waals surface area (Å²) in [5.74, 6) is 1.73. The molecule has 0 radical (unpaired) electrons. The first-order valence-electron chi connectivity index (χ1n) is 18.7. The summed E-state index contributed by atoms with van der Waals surface area (Å²) in [4.78, 5) is 13.2. The summed E-state index contributed by atoms with van der Waals surface area (Å²) >= 11 is 1.99. The van der Waals surface area contributed by atoms with Crippen LogP contribution in [-0.2, 0) is 5.04 Å². The third-order valence-electron chi connectivity index (χ3n) is 12.4. The maximum atomic E-state index is 5.21. The van der Waals surface area contributed by atoms with E-state index < -0.39 is 16.1 Å². The van der Waals surface area contributed by atoms with Gasteiger partial charge in [0.1, 0.15) is 5.82 Å². The van der Waals surface area contributed by atoms with Gasteiger partial charge in [0.25, 0.3) is 0 Å². The Morgan fingerprint density at radius 3 is 1.98 bits per heavy atom. The number of pyridine rings is 1. The Kier molecular flexibility index (Phi) is 7.53. The quantitative estimate of drug-likeness (QED) is 0.132. The Labute approximate surface area is 322 Å². The van der Waals surface area contributed by atoms with Crippen molar-refractivity contribution >= 4 is 81.7 Å². The number of imidazole rings is 2. The first-order chi connectivity index (χ1) is 26.3. The lowest BCUT2D eigenvalue weighted by atomic mass is 10.0. The number of benzene rings is 6. The molecule has 4 nitrogen and oxygen atoms in total. The molecular weight excluding hydrogens is 709 g/mol. The number of rotatable bonds is 5. The van der Waals surface area contributed by atoms with Crippen molar-refractivity contribution in [2.45, 2.75) is 41.8 Å². The van der Waals surface area contributed by atoms with Gasteiger partial charge in [0.2, 0.25) is 5.78 Å². The monoisotopic (exact) mass is 748 g/mol. The van der Waals surface area contributed by atoms with Crippen LogP contribution in [0.2, 0.25) is 13.1 Å². The number of hydrogen-bond donors (Lipinski definition) is 0. The van der Waals surface area contributed by atoms with Crippen LogP contribution in [0.1, 0.15) is 19.4 Å². The average molecular weight is 749 g/mol. The van der Waals surface area contributed by atoms with Gasteiger partial charge in [-0.3, -0.25) is 8.97 Å². The topological polar surface area (TPSA) is 35.1 Å². The van der Waals surface area contributed by atoms with Crippen molar-refractivity contribution in [1.29, 1.82) is 0 Å². The molecule has 9 aromatic rings. The highest BCUT2D eigenvalue weighted by atomic mass is 32.2. The van der Waals surface area contributed by atoms with Gasteiger partial charge in [0.15, 0.2) is 8.07 Å². The summed E-state index contributed by atoms with van der Waals surface area (Å²) in [6.45, 7) is 10.1. The fraction of sp³-hybridized carbons (Fsp3) is 0.106. The lowest BCUT2D eigenvalue weighted by molar-refractivity contribution is 0.711. The summed E-state index contributed by atoms with van der Waals surface area (Å²) in [5.41, 5.74) is 5.71. The zero-order chi connectivity index (χ0) is 36.7. The van der Waals surface area contributed by atoms with Gasteiger partial charge in [-0.1, -0.05) is 160 Å². The molecule has 0 bridgehead atoms. The summed E-state index contributed by atoms with van der Waals surface area (Å²) in [6.07, 6.45) is 2.02. The summed E-state index contributed by atoms with van der Waals surface area (Å²) in [6, 6.07) is 60.6. The van der Waals surface area contributed by atoms with Crippen molar-refractivity contribution < 1.29 is 0 Å². The van der Waals surface area contributed by atoms with E-state index in [4.69, 9.17) is 9.97 Å². The van der Waals surface area contributed by atoms with Crippen molar-refractivity contribution in [3.63, 3.8) is 0 Å². The predicted molar refractivity (Wildman–Crippen MR) is 232 cm³/mol. The van der Waals surface area contributed by atoms with Crippen LogP contribution in [-0.4, -0.2) is 35.1 Å². The van der Waals surface area contributed by atoms with Crippen molar-refractivity contribution in [2.75, 3.05) is 0 Å². The fourth-order valence-electron chi connectivity index (χ4n) is 8.98. The molecule has 0 aliphatic carbocycles. The minimum atomic E-state index is -3.03. The van der Waals surface area contributed by atoms with E-state index in [1.54, 1.807) is 0 Å². The van der Waals surface area contributed by atoms with Crippen LogP contribution in [0.15, 0.2) is 180 Å². The molecule has 3 aromatic heterocycles. The highest BCUT2D eigenvalue weighted by Crippen LogP contribution is 2.45. The highest BCUT2D eigenvalue weighted by molar-refractivity contribution is 8.00. The second-order valence-corrected chi connectivity index (χ2v) is 25.3. The van der Waals surface area contributed by atoms with Crippen LogP contribution < -0.4 is 25.9 Å². The summed E-state index contributed by atoms with van der Waals surface area (Å²) in [7, 11) is -5.03. The zero-order valence-corrected chi connectivity index (χ0v) is 33.7. The molecule has 0 N–H and O–H groups in total. The van der Waals surface area contributed by atoms with E-state index in [-0.39, 0.29) is 5.04 Å². The molecule has 7 heteroatoms. The van der Waals surface area contributed by atoms with E-state index in [1.807, 2.05) is 18.0 Å². The van der Waals surface area contributed by atoms with Gasteiger partial charge in [0.05, 0.1) is 30.1 Å². The predicted octanol–water partition coefficient (Wildman–Crippen LogP) is 8.10. The van der Waals surface area contributed by atoms with Gasteiger partial charge < -0.3 is 0 Å². The standard InChI is InChI=1S/C47H40N4SSi2/c1-47(2)36-22-17-29-43(45(36)52-41-27-15-16-28-42(41)53(47,3)4)54(33-18-7-5-8-19-33,34-20-9-6-10-21-34)35-30-31-48-44(32-35)51-40-26-14-13-25-39(40)50-38-24-12-11-23-37(38)49-46(50)51/h5-32H,1-4H3. The molecular formula is C47H40N4SSi2. The second-order valence-electron chi connectivity index (χ2n) is 15.5. The van der Waals surface area contributed by atoms with Gasteiger partial charge in [-0.2, -0.15) is 0 Å². The second kappa shape index (κ2) is 12.3. The van der Waals surface area contributed by atoms with Crippen molar-refractivity contribution in [1.82, 2.24) is 18.9 Å². The Balaban J connectivity index is 1.32. The third-order valence-corrected chi connectivity index (χ3v) is 23.9. The van der Waals surface area contributed by atoms with Crippen molar-refractivity contribution in [3.8, 4) is 5.82 Å².